The van der Waals surface area contributed by atoms with Crippen molar-refractivity contribution >= 4 is 41.1 Å². The molecule has 1 aromatic rings. The van der Waals surface area contributed by atoms with Gasteiger partial charge < -0.3 is 9.88 Å². The van der Waals surface area contributed by atoms with Gasteiger partial charge in [-0.2, -0.15) is 0 Å². The van der Waals surface area contributed by atoms with Crippen LogP contribution in [-0.2, 0) is 6.54 Å². The zero-order chi connectivity index (χ0) is 8.55. The van der Waals surface area contributed by atoms with E-state index in [0.717, 1.165) is 12.4 Å². The summed E-state index contributed by atoms with van der Waals surface area (Å²) >= 11 is 8.85. The second kappa shape index (κ2) is 2.95. The van der Waals surface area contributed by atoms with Crippen LogP contribution in [0.4, 0.5) is 5.82 Å². The van der Waals surface area contributed by atoms with Crippen molar-refractivity contribution in [2.45, 2.75) is 6.54 Å². The summed E-state index contributed by atoms with van der Waals surface area (Å²) in [6.45, 7) is 0.918. The number of hydrogen-bond donors (Lipinski definition) is 2. The maximum absolute atomic E-state index is 4.83. The number of thiocarbonyl (C=S) groups is 1. The predicted molar refractivity (Wildman–Crippen MR) is 58.7 cm³/mol. The Morgan fingerprint density at radius 2 is 2.42 bits per heavy atom. The number of hydrogen-bond acceptors (Lipinski definition) is 1. The third-order valence-electron chi connectivity index (χ3n) is 1.83. The van der Waals surface area contributed by atoms with Crippen LogP contribution in [0.3, 0.4) is 0 Å². The maximum atomic E-state index is 4.83. The van der Waals surface area contributed by atoms with Gasteiger partial charge in [0, 0.05) is 12.2 Å². The van der Waals surface area contributed by atoms with E-state index in [2.05, 4.69) is 40.7 Å². The average molecular weight is 196 g/mol. The third-order valence-corrected chi connectivity index (χ3v) is 2.04. The van der Waals surface area contributed by atoms with E-state index in [9.17, 15) is 0 Å². The smallest absolute Gasteiger partial charge is 0.136 e. The second-order valence-corrected chi connectivity index (χ2v) is 3.74. The predicted octanol–water partition coefficient (Wildman–Crippen LogP) is 2.14. The van der Waals surface area contributed by atoms with Crippen LogP contribution >= 0.6 is 24.8 Å². The summed E-state index contributed by atoms with van der Waals surface area (Å²) in [6, 6.07) is 4.05. The lowest BCUT2D eigenvalue weighted by atomic mass is 10.4. The van der Waals surface area contributed by atoms with Crippen LogP contribution in [0.1, 0.15) is 5.69 Å². The molecule has 2 rings (SSSR count). The minimum absolute atomic E-state index is 0.503. The highest BCUT2D eigenvalue weighted by molar-refractivity contribution is 8.11. The number of rotatable bonds is 1. The van der Waals surface area contributed by atoms with E-state index in [4.69, 9.17) is 12.2 Å². The molecule has 0 spiro atoms. The van der Waals surface area contributed by atoms with Crippen LogP contribution in [0.25, 0.3) is 6.08 Å². The fraction of sp³-hybridized carbons (Fsp3) is 0.125. The highest BCUT2D eigenvalue weighted by atomic mass is 32.1. The van der Waals surface area contributed by atoms with Crippen molar-refractivity contribution in [1.29, 1.82) is 0 Å². The number of nitrogens with zero attached hydrogens (tertiary/aromatic N) is 1. The molecular weight excluding hydrogens is 188 g/mol. The minimum atomic E-state index is 0.503. The third kappa shape index (κ3) is 1.28. The van der Waals surface area contributed by atoms with Crippen LogP contribution in [0.15, 0.2) is 18.2 Å². The van der Waals surface area contributed by atoms with Crippen LogP contribution in [0, 0.1) is 0 Å². The molecule has 0 saturated carbocycles. The molecule has 0 unspecified atom stereocenters. The number of thiol groups is 1. The maximum Gasteiger partial charge on any atom is 0.136 e. The molecule has 1 N–H and O–H groups in total. The molecule has 1 aromatic heterocycles. The van der Waals surface area contributed by atoms with Crippen molar-refractivity contribution in [3.05, 3.63) is 23.9 Å². The van der Waals surface area contributed by atoms with E-state index in [1.165, 1.54) is 5.69 Å². The second-order valence-electron chi connectivity index (χ2n) is 2.59. The van der Waals surface area contributed by atoms with Gasteiger partial charge in [-0.1, -0.05) is 18.3 Å². The normalized spacial score (nSPS) is 13.1. The van der Waals surface area contributed by atoms with Gasteiger partial charge in [-0.25, -0.2) is 0 Å². The molecule has 12 heavy (non-hydrogen) atoms. The summed E-state index contributed by atoms with van der Waals surface area (Å²) < 4.78 is 2.64. The number of nitrogens with one attached hydrogen (secondary N) is 1. The number of allylic oxidation sites excluding steroid dienone is 1. The lowest BCUT2D eigenvalue weighted by molar-refractivity contribution is 0.859. The lowest BCUT2D eigenvalue weighted by Gasteiger charge is -2.06. The monoisotopic (exact) mass is 196 g/mol. The molecule has 0 fully saturated rings. The molecule has 4 heteroatoms. The van der Waals surface area contributed by atoms with Crippen LogP contribution < -0.4 is 5.32 Å². The number of aromatic nitrogens is 1. The minimum Gasteiger partial charge on any atom is -0.327 e. The fourth-order valence-electron chi connectivity index (χ4n) is 1.33. The van der Waals surface area contributed by atoms with Crippen molar-refractivity contribution in [1.82, 2.24) is 4.57 Å². The largest absolute Gasteiger partial charge is 0.327 e. The Morgan fingerprint density at radius 1 is 1.58 bits per heavy atom. The summed E-state index contributed by atoms with van der Waals surface area (Å²) in [6.07, 6.45) is 4.20. The van der Waals surface area contributed by atoms with Gasteiger partial charge in [-0.3, -0.25) is 0 Å². The number of anilines is 1. The van der Waals surface area contributed by atoms with Crippen molar-refractivity contribution < 1.29 is 0 Å². The fourth-order valence-corrected chi connectivity index (χ4v) is 1.55. The van der Waals surface area contributed by atoms with Crippen molar-refractivity contribution in [3.63, 3.8) is 0 Å². The van der Waals surface area contributed by atoms with E-state index >= 15 is 0 Å². The van der Waals surface area contributed by atoms with Crippen molar-refractivity contribution in [2.24, 2.45) is 0 Å². The Balaban J connectivity index is 2.30. The first-order valence-corrected chi connectivity index (χ1v) is 4.49. The van der Waals surface area contributed by atoms with Gasteiger partial charge in [0.15, 0.2) is 0 Å². The molecular formula is C8H8N2S2. The summed E-state index contributed by atoms with van der Waals surface area (Å²) in [5, 5.41) is 3.00. The molecule has 1 aliphatic heterocycles. The van der Waals surface area contributed by atoms with Gasteiger partial charge in [0.1, 0.15) is 10.1 Å². The molecule has 0 atom stereocenters. The molecule has 0 bridgehead atoms. The van der Waals surface area contributed by atoms with Crippen LogP contribution in [0.2, 0.25) is 0 Å². The topological polar surface area (TPSA) is 17.0 Å². The summed E-state index contributed by atoms with van der Waals surface area (Å²) in [5.74, 6) is 1.01. The Hall–Kier alpha value is -0.740. The summed E-state index contributed by atoms with van der Waals surface area (Å²) in [7, 11) is 0. The molecule has 0 aromatic carbocycles. The molecule has 2 heterocycles. The van der Waals surface area contributed by atoms with E-state index in [1.807, 2.05) is 6.07 Å². The summed E-state index contributed by atoms with van der Waals surface area (Å²) in [5.41, 5.74) is 1.21. The SMILES string of the molecule is S=C(S)Nc1ccc2n1CC=C2. The molecule has 0 aliphatic carbocycles. The highest BCUT2D eigenvalue weighted by Gasteiger charge is 2.08. The van der Waals surface area contributed by atoms with Gasteiger partial charge in [-0.15, -0.1) is 12.6 Å². The molecule has 1 aliphatic rings. The van der Waals surface area contributed by atoms with Crippen molar-refractivity contribution in [2.75, 3.05) is 5.32 Å². The Morgan fingerprint density at radius 3 is 3.17 bits per heavy atom. The Kier molecular flexibility index (Phi) is 1.94. The van der Waals surface area contributed by atoms with Gasteiger partial charge in [0.25, 0.3) is 0 Å². The zero-order valence-electron chi connectivity index (χ0n) is 6.32. The van der Waals surface area contributed by atoms with Crippen LogP contribution in [-0.4, -0.2) is 8.89 Å². The Bertz CT molecular complexity index is 352. The quantitative estimate of drug-likeness (QED) is 0.529. The molecule has 0 radical (unpaired) electrons. The summed E-state index contributed by atoms with van der Waals surface area (Å²) in [4.78, 5) is 0. The number of fused-ring (bicyclic) bond motifs is 1. The first-order valence-electron chi connectivity index (χ1n) is 3.63. The molecule has 2 nitrogen and oxygen atoms in total. The zero-order valence-corrected chi connectivity index (χ0v) is 8.03. The van der Waals surface area contributed by atoms with E-state index < -0.39 is 0 Å². The molecule has 62 valence electrons. The molecule has 0 saturated heterocycles. The van der Waals surface area contributed by atoms with E-state index in [-0.39, 0.29) is 0 Å². The van der Waals surface area contributed by atoms with Gasteiger partial charge in [0.2, 0.25) is 0 Å². The van der Waals surface area contributed by atoms with E-state index in [0.29, 0.717) is 4.32 Å². The highest BCUT2D eigenvalue weighted by Crippen LogP contribution is 2.20. The Labute approximate surface area is 81.7 Å². The van der Waals surface area contributed by atoms with Gasteiger partial charge in [-0.05, 0) is 18.2 Å². The van der Waals surface area contributed by atoms with Gasteiger partial charge >= 0.3 is 0 Å². The lowest BCUT2D eigenvalue weighted by Crippen LogP contribution is -2.06. The van der Waals surface area contributed by atoms with Crippen LogP contribution in [0.5, 0.6) is 0 Å². The van der Waals surface area contributed by atoms with E-state index in [1.54, 1.807) is 0 Å². The molecule has 0 amide bonds. The average Bonchev–Trinajstić information content (AvgIpc) is 2.52. The standard InChI is InChI=1S/C8H8N2S2/c11-8(12)9-7-4-3-6-2-1-5-10(6)7/h1-4H,5H2,(H2,9,11,12). The first kappa shape index (κ1) is 7.89. The van der Waals surface area contributed by atoms with Gasteiger partial charge in [0.05, 0.1) is 0 Å². The first-order chi connectivity index (χ1) is 5.77. The van der Waals surface area contributed by atoms with Crippen molar-refractivity contribution in [3.8, 4) is 0 Å².